The van der Waals surface area contributed by atoms with E-state index in [1.807, 2.05) is 48.5 Å². The molecule has 3 aromatic heterocycles. The molecule has 14 nitrogen and oxygen atoms in total. The first-order chi connectivity index (χ1) is 23.0. The summed E-state index contributed by atoms with van der Waals surface area (Å²) in [4.78, 5) is 32.8. The van der Waals surface area contributed by atoms with E-state index in [2.05, 4.69) is 15.0 Å². The Hall–Kier alpha value is -5.41. The number of hydrogen-bond donors (Lipinski definition) is 4. The SMILES string of the molecule is O=S(=O)(O)c1ccc2c3nc4nc(nc5[nH]c(nc6nc(nc([nH]3)c2c1S(=O)(=O)O)-c1ccccc1-6)c1ccccc51)-c1ccccc1-4.[Al+3]. The van der Waals surface area contributed by atoms with Crippen molar-refractivity contribution >= 4 is 81.7 Å². The number of nitrogens with zero attached hydrogens (tertiary/aromatic N) is 6. The van der Waals surface area contributed by atoms with Crippen molar-refractivity contribution < 1.29 is 25.9 Å². The molecule has 0 radical (unpaired) electrons. The molecule has 0 aliphatic carbocycles. The van der Waals surface area contributed by atoms with Gasteiger partial charge in [-0.1, -0.05) is 72.8 Å². The molecule has 4 N–H and O–H groups in total. The molecular formula is C32H18AlN8O6S2+3. The summed E-state index contributed by atoms with van der Waals surface area (Å²) >= 11 is 0. The molecule has 7 aromatic rings. The van der Waals surface area contributed by atoms with Crippen molar-refractivity contribution in [3.63, 3.8) is 0 Å². The van der Waals surface area contributed by atoms with Gasteiger partial charge in [0.1, 0.15) is 32.4 Å². The van der Waals surface area contributed by atoms with Gasteiger partial charge in [-0.2, -0.15) is 16.8 Å². The summed E-state index contributed by atoms with van der Waals surface area (Å²) < 4.78 is 70.7. The Morgan fingerprint density at radius 1 is 0.449 bits per heavy atom. The Morgan fingerprint density at radius 2 is 0.837 bits per heavy atom. The van der Waals surface area contributed by atoms with Crippen LogP contribution in [0.4, 0.5) is 0 Å². The van der Waals surface area contributed by atoms with Gasteiger partial charge in [0.25, 0.3) is 20.2 Å². The van der Waals surface area contributed by atoms with Gasteiger partial charge in [-0.15, -0.1) is 0 Å². The Bertz CT molecular complexity index is 2980. The molecule has 17 heteroatoms. The van der Waals surface area contributed by atoms with Crippen LogP contribution in [0.3, 0.4) is 0 Å². The summed E-state index contributed by atoms with van der Waals surface area (Å²) in [6.07, 6.45) is 0. The second-order valence-electron chi connectivity index (χ2n) is 11.0. The van der Waals surface area contributed by atoms with Gasteiger partial charge in [-0.25, -0.2) is 29.9 Å². The van der Waals surface area contributed by atoms with Crippen molar-refractivity contribution in [2.75, 3.05) is 0 Å². The first-order valence-corrected chi connectivity index (χ1v) is 17.1. The van der Waals surface area contributed by atoms with Crippen molar-refractivity contribution in [3.8, 4) is 45.6 Å². The van der Waals surface area contributed by atoms with Crippen LogP contribution in [0.2, 0.25) is 0 Å². The van der Waals surface area contributed by atoms with Crippen molar-refractivity contribution in [3.05, 3.63) is 84.9 Å². The first kappa shape index (κ1) is 30.9. The number of fused-ring (bicyclic) bond motifs is 20. The maximum absolute atomic E-state index is 12.8. The Balaban J connectivity index is 0.00000348. The molecule has 5 heterocycles. The summed E-state index contributed by atoms with van der Waals surface area (Å²) in [6.45, 7) is 0. The minimum atomic E-state index is -5.27. The zero-order valence-corrected chi connectivity index (χ0v) is 27.5. The van der Waals surface area contributed by atoms with Crippen LogP contribution >= 0.6 is 0 Å². The van der Waals surface area contributed by atoms with Crippen LogP contribution in [0, 0.1) is 0 Å². The predicted octanol–water partition coefficient (Wildman–Crippen LogP) is 4.98. The minimum Gasteiger partial charge on any atom is -0.324 e. The summed E-state index contributed by atoms with van der Waals surface area (Å²) in [5, 5.41) is 1.33. The quantitative estimate of drug-likeness (QED) is 0.139. The normalized spacial score (nSPS) is 12.4. The van der Waals surface area contributed by atoms with Crippen LogP contribution in [0.1, 0.15) is 0 Å². The van der Waals surface area contributed by atoms with E-state index in [1.54, 1.807) is 24.3 Å². The van der Waals surface area contributed by atoms with Gasteiger partial charge in [-0.3, -0.25) is 9.11 Å². The Morgan fingerprint density at radius 3 is 1.27 bits per heavy atom. The molecule has 9 rings (SSSR count). The molecule has 234 valence electrons. The maximum atomic E-state index is 12.8. The van der Waals surface area contributed by atoms with E-state index >= 15 is 0 Å². The number of rotatable bonds is 2. The molecule has 0 spiro atoms. The van der Waals surface area contributed by atoms with Crippen LogP contribution in [-0.2, 0) is 20.2 Å². The summed E-state index contributed by atoms with van der Waals surface area (Å²) in [7, 11) is -10.4. The molecule has 0 amide bonds. The van der Waals surface area contributed by atoms with Crippen molar-refractivity contribution in [1.29, 1.82) is 0 Å². The first-order valence-electron chi connectivity index (χ1n) is 14.3. The van der Waals surface area contributed by atoms with Gasteiger partial charge in [0.05, 0.1) is 5.39 Å². The predicted molar refractivity (Wildman–Crippen MR) is 181 cm³/mol. The zero-order valence-electron chi connectivity index (χ0n) is 24.7. The number of hydrogen-bond acceptors (Lipinski definition) is 10. The molecule has 4 aromatic carbocycles. The summed E-state index contributed by atoms with van der Waals surface area (Å²) in [5.41, 5.74) is 3.32. The van der Waals surface area contributed by atoms with Gasteiger partial charge >= 0.3 is 17.4 Å². The fourth-order valence-electron chi connectivity index (χ4n) is 6.14. The number of aromatic nitrogens is 8. The van der Waals surface area contributed by atoms with E-state index in [0.717, 1.165) is 16.8 Å². The number of benzene rings is 4. The molecule has 0 unspecified atom stereocenters. The molecule has 0 saturated heterocycles. The minimum absolute atomic E-state index is 0. The van der Waals surface area contributed by atoms with Gasteiger partial charge in [-0.05, 0) is 12.1 Å². The van der Waals surface area contributed by atoms with Crippen LogP contribution in [0.5, 0.6) is 0 Å². The van der Waals surface area contributed by atoms with Crippen LogP contribution in [0.25, 0.3) is 89.7 Å². The van der Waals surface area contributed by atoms with Gasteiger partial charge in [0.2, 0.25) is 0 Å². The number of nitrogens with one attached hydrogen (secondary N) is 2. The topological polar surface area (TPSA) is 218 Å². The van der Waals surface area contributed by atoms with Crippen LogP contribution < -0.4 is 0 Å². The average molecular weight is 702 g/mol. The Labute approximate surface area is 286 Å². The number of H-pyrrole nitrogens is 2. The Kier molecular flexibility index (Phi) is 6.81. The molecule has 8 bridgehead atoms. The molecule has 0 atom stereocenters. The van der Waals surface area contributed by atoms with E-state index in [9.17, 15) is 25.9 Å². The monoisotopic (exact) mass is 701 g/mol. The van der Waals surface area contributed by atoms with E-state index < -0.39 is 30.0 Å². The molecule has 2 aliphatic rings. The van der Waals surface area contributed by atoms with Crippen LogP contribution in [-0.4, -0.2) is 83.2 Å². The number of aromatic amines is 2. The summed E-state index contributed by atoms with van der Waals surface area (Å²) in [6, 6.07) is 24.2. The molecular weight excluding hydrogens is 684 g/mol. The standard InChI is InChI=1S/C32H18N8O6S2.Al/c41-47(42,43)22-14-13-21-23(24(22)48(44,45)46)32-39-30-20-12-6-5-11-19(20)28(37-30)35-26-16-8-2-1-7-15(16)25(33-26)34-27-17-9-3-4-10-18(17)29(36-27)38-31(21)40-32;/h1-14H,(H,41,42,43)(H,44,45,46)(H2,33,34,35,36,37,38,39,40);/q;+3. The second kappa shape index (κ2) is 10.8. The fraction of sp³-hybridized carbons (Fsp3) is 0. The molecule has 0 fully saturated rings. The van der Waals surface area contributed by atoms with E-state index in [4.69, 9.17) is 24.9 Å². The zero-order chi connectivity index (χ0) is 32.9. The van der Waals surface area contributed by atoms with Gasteiger partial charge < -0.3 is 9.97 Å². The maximum Gasteiger partial charge on any atom is 3.00 e. The van der Waals surface area contributed by atoms with E-state index in [1.165, 1.54) is 6.07 Å². The third-order valence-electron chi connectivity index (χ3n) is 8.17. The largest absolute Gasteiger partial charge is 3.00 e. The molecule has 49 heavy (non-hydrogen) atoms. The molecule has 2 aliphatic heterocycles. The second-order valence-corrected chi connectivity index (χ2v) is 13.8. The van der Waals surface area contributed by atoms with Crippen molar-refractivity contribution in [2.24, 2.45) is 0 Å². The molecule has 0 saturated carbocycles. The fourth-order valence-corrected chi connectivity index (χ4v) is 8.14. The van der Waals surface area contributed by atoms with Crippen LogP contribution in [0.15, 0.2) is 94.7 Å². The average Bonchev–Trinajstić information content (AvgIpc) is 3.79. The van der Waals surface area contributed by atoms with E-state index in [0.29, 0.717) is 45.2 Å². The van der Waals surface area contributed by atoms with Crippen molar-refractivity contribution in [2.45, 2.75) is 9.79 Å². The summed E-state index contributed by atoms with van der Waals surface area (Å²) in [5.74, 6) is 0.980. The van der Waals surface area contributed by atoms with Gasteiger partial charge in [0, 0.05) is 38.4 Å². The third-order valence-corrected chi connectivity index (χ3v) is 10.1. The van der Waals surface area contributed by atoms with Crippen molar-refractivity contribution in [1.82, 2.24) is 39.9 Å². The smallest absolute Gasteiger partial charge is 0.324 e. The van der Waals surface area contributed by atoms with Gasteiger partial charge in [0.15, 0.2) is 23.3 Å². The third kappa shape index (κ3) is 4.83. The van der Waals surface area contributed by atoms with E-state index in [-0.39, 0.29) is 51.1 Å².